The van der Waals surface area contributed by atoms with Crippen LogP contribution < -0.4 is 16.0 Å². The van der Waals surface area contributed by atoms with Gasteiger partial charge in [-0.05, 0) is 36.2 Å². The molecule has 0 aliphatic carbocycles. The average Bonchev–Trinajstić information content (AvgIpc) is 3.29. The average molecular weight is 438 g/mol. The van der Waals surface area contributed by atoms with E-state index in [1.54, 1.807) is 36.0 Å². The third-order valence-corrected chi connectivity index (χ3v) is 5.48. The molecule has 9 heteroatoms. The number of hydrogen-bond donors (Lipinski definition) is 3. The highest BCUT2D eigenvalue weighted by atomic mass is 35.5. The second-order valence-electron chi connectivity index (χ2n) is 7.41. The molecule has 3 N–H and O–H groups in total. The van der Waals surface area contributed by atoms with Crippen LogP contribution >= 0.6 is 11.6 Å². The summed E-state index contributed by atoms with van der Waals surface area (Å²) in [6, 6.07) is 12.1. The number of benzene rings is 2. The van der Waals surface area contributed by atoms with Gasteiger partial charge in [-0.15, -0.1) is 0 Å². The van der Waals surface area contributed by atoms with Crippen LogP contribution in [0.2, 0.25) is 5.02 Å². The fourth-order valence-corrected chi connectivity index (χ4v) is 3.80. The van der Waals surface area contributed by atoms with Gasteiger partial charge < -0.3 is 15.2 Å². The molecule has 0 bridgehead atoms. The Morgan fingerprint density at radius 2 is 1.94 bits per heavy atom. The molecule has 1 aliphatic rings. The summed E-state index contributed by atoms with van der Waals surface area (Å²) in [5.74, 6) is -0.678. The highest BCUT2D eigenvalue weighted by molar-refractivity contribution is 6.31. The van der Waals surface area contributed by atoms with E-state index in [0.29, 0.717) is 22.0 Å². The van der Waals surface area contributed by atoms with E-state index < -0.39 is 23.4 Å². The summed E-state index contributed by atoms with van der Waals surface area (Å²) in [7, 11) is 1.71. The highest BCUT2D eigenvalue weighted by Gasteiger charge is 2.50. The predicted molar refractivity (Wildman–Crippen MR) is 116 cm³/mol. The summed E-state index contributed by atoms with van der Waals surface area (Å²) in [6.07, 6.45) is 3.18. The molecule has 3 aromatic rings. The van der Waals surface area contributed by atoms with Crippen LogP contribution in [0.25, 0.3) is 11.1 Å². The second kappa shape index (κ2) is 7.88. The number of carbonyl (C=O) groups excluding carboxylic acids is 3. The number of imide groups is 1. The predicted octanol–water partition coefficient (Wildman–Crippen LogP) is 2.51. The van der Waals surface area contributed by atoms with Crippen LogP contribution in [0.15, 0.2) is 54.9 Å². The summed E-state index contributed by atoms with van der Waals surface area (Å²) >= 11 is 6.18. The van der Waals surface area contributed by atoms with Gasteiger partial charge in [0.1, 0.15) is 5.82 Å². The molecule has 1 saturated heterocycles. The molecular formula is C22H20ClN5O3. The molecule has 0 spiro atoms. The van der Waals surface area contributed by atoms with Crippen LogP contribution in [0.4, 0.5) is 4.79 Å². The van der Waals surface area contributed by atoms with Crippen molar-refractivity contribution < 1.29 is 14.4 Å². The first-order chi connectivity index (χ1) is 14.8. The Labute approximate surface area is 183 Å². The lowest BCUT2D eigenvalue weighted by Crippen LogP contribution is -2.54. The summed E-state index contributed by atoms with van der Waals surface area (Å²) in [5, 5.41) is 8.11. The number of nitrogens with zero attached hydrogens (tertiary/aromatic N) is 2. The van der Waals surface area contributed by atoms with Gasteiger partial charge in [0.15, 0.2) is 5.54 Å². The molecule has 31 heavy (non-hydrogen) atoms. The Morgan fingerprint density at radius 3 is 2.55 bits per heavy atom. The van der Waals surface area contributed by atoms with Crippen LogP contribution in [-0.2, 0) is 17.4 Å². The number of imidazole rings is 1. The molecule has 8 nitrogen and oxygen atoms in total. The number of carbonyl (C=O) groups is 3. The lowest BCUT2D eigenvalue weighted by Gasteiger charge is -2.26. The summed E-state index contributed by atoms with van der Waals surface area (Å²) < 4.78 is 1.62. The number of urea groups is 1. The van der Waals surface area contributed by atoms with Crippen molar-refractivity contribution in [3.63, 3.8) is 0 Å². The van der Waals surface area contributed by atoms with Gasteiger partial charge >= 0.3 is 6.03 Å². The van der Waals surface area contributed by atoms with Gasteiger partial charge in [-0.3, -0.25) is 14.9 Å². The zero-order valence-electron chi connectivity index (χ0n) is 16.9. The van der Waals surface area contributed by atoms with Gasteiger partial charge in [-0.2, -0.15) is 0 Å². The van der Waals surface area contributed by atoms with Crippen molar-refractivity contribution in [2.45, 2.75) is 12.5 Å². The quantitative estimate of drug-likeness (QED) is 0.533. The third kappa shape index (κ3) is 3.77. The monoisotopic (exact) mass is 437 g/mol. The Balaban J connectivity index is 1.66. The molecule has 1 atom stereocenters. The molecule has 4 rings (SSSR count). The van der Waals surface area contributed by atoms with Crippen molar-refractivity contribution in [3.05, 3.63) is 76.8 Å². The fraction of sp³-hybridized carbons (Fsp3) is 0.182. The van der Waals surface area contributed by atoms with E-state index >= 15 is 0 Å². The maximum Gasteiger partial charge on any atom is 0.322 e. The van der Waals surface area contributed by atoms with Crippen molar-refractivity contribution in [3.8, 4) is 11.1 Å². The van der Waals surface area contributed by atoms with Gasteiger partial charge in [0, 0.05) is 30.0 Å². The molecule has 1 aliphatic heterocycles. The minimum absolute atomic E-state index is 0.176. The van der Waals surface area contributed by atoms with Crippen LogP contribution in [-0.4, -0.2) is 33.9 Å². The molecule has 1 unspecified atom stereocenters. The van der Waals surface area contributed by atoms with Crippen molar-refractivity contribution in [2.24, 2.45) is 7.05 Å². The van der Waals surface area contributed by atoms with E-state index in [0.717, 1.165) is 11.1 Å². The number of amides is 4. The zero-order valence-corrected chi connectivity index (χ0v) is 17.7. The zero-order chi connectivity index (χ0) is 22.2. The molecule has 2 aromatic carbocycles. The van der Waals surface area contributed by atoms with Crippen LogP contribution in [0.1, 0.15) is 21.7 Å². The first-order valence-corrected chi connectivity index (χ1v) is 9.94. The topological polar surface area (TPSA) is 105 Å². The maximum atomic E-state index is 13.1. The van der Waals surface area contributed by atoms with Crippen molar-refractivity contribution >= 4 is 29.4 Å². The first kappa shape index (κ1) is 20.6. The Morgan fingerprint density at radius 1 is 1.19 bits per heavy atom. The van der Waals surface area contributed by atoms with E-state index in [2.05, 4.69) is 20.9 Å². The van der Waals surface area contributed by atoms with E-state index in [9.17, 15) is 14.4 Å². The summed E-state index contributed by atoms with van der Waals surface area (Å²) in [5.41, 5.74) is 1.48. The van der Waals surface area contributed by atoms with Gasteiger partial charge in [0.05, 0.1) is 6.54 Å². The van der Waals surface area contributed by atoms with Crippen LogP contribution in [0.3, 0.4) is 0 Å². The number of aromatic nitrogens is 2. The van der Waals surface area contributed by atoms with Crippen LogP contribution in [0, 0.1) is 6.92 Å². The van der Waals surface area contributed by atoms with E-state index in [1.807, 2.05) is 31.2 Å². The van der Waals surface area contributed by atoms with Gasteiger partial charge in [0.25, 0.3) is 11.8 Å². The van der Waals surface area contributed by atoms with Crippen molar-refractivity contribution in [1.29, 1.82) is 0 Å². The summed E-state index contributed by atoms with van der Waals surface area (Å²) in [4.78, 5) is 41.9. The Kier molecular flexibility index (Phi) is 5.24. The molecule has 0 saturated carbocycles. The number of rotatable bonds is 5. The third-order valence-electron chi connectivity index (χ3n) is 5.25. The van der Waals surface area contributed by atoms with Gasteiger partial charge in [-0.25, -0.2) is 9.78 Å². The van der Waals surface area contributed by atoms with Gasteiger partial charge in [-0.1, -0.05) is 41.4 Å². The summed E-state index contributed by atoms with van der Waals surface area (Å²) in [6.45, 7) is 1.80. The van der Waals surface area contributed by atoms with E-state index in [-0.39, 0.29) is 6.54 Å². The Bertz CT molecular complexity index is 1190. The maximum absolute atomic E-state index is 13.1. The SMILES string of the molecule is Cc1ccc(-c2cc(Cl)ccc2C(=O)NCC2(c3nccn3C)NC(=O)NC2=O)cc1. The lowest BCUT2D eigenvalue weighted by atomic mass is 9.96. The largest absolute Gasteiger partial charge is 0.349 e. The molecule has 4 amide bonds. The van der Waals surface area contributed by atoms with Crippen molar-refractivity contribution in [2.75, 3.05) is 6.54 Å². The number of hydrogen-bond acceptors (Lipinski definition) is 4. The number of nitrogens with one attached hydrogen (secondary N) is 3. The minimum atomic E-state index is -1.51. The Hall–Kier alpha value is -3.65. The van der Waals surface area contributed by atoms with E-state index in [4.69, 9.17) is 11.6 Å². The highest BCUT2D eigenvalue weighted by Crippen LogP contribution is 2.28. The second-order valence-corrected chi connectivity index (χ2v) is 7.85. The molecule has 2 heterocycles. The number of halogens is 1. The standard InChI is InChI=1S/C22H20ClN5O3/c1-13-3-5-14(6-4-13)17-11-15(23)7-8-16(17)18(29)25-12-22(19-24-9-10-28(19)2)20(30)26-21(31)27-22/h3-11H,12H2,1-2H3,(H,25,29)(H2,26,27,30,31). The molecule has 0 radical (unpaired) electrons. The van der Waals surface area contributed by atoms with Crippen LogP contribution in [0.5, 0.6) is 0 Å². The van der Waals surface area contributed by atoms with Crippen molar-refractivity contribution in [1.82, 2.24) is 25.5 Å². The molecule has 1 fully saturated rings. The first-order valence-electron chi connectivity index (χ1n) is 9.56. The number of aryl methyl sites for hydroxylation is 2. The molecule has 158 valence electrons. The molecular weight excluding hydrogens is 418 g/mol. The smallest absolute Gasteiger partial charge is 0.322 e. The van der Waals surface area contributed by atoms with Gasteiger partial charge in [0.2, 0.25) is 0 Å². The minimum Gasteiger partial charge on any atom is -0.349 e. The van der Waals surface area contributed by atoms with E-state index in [1.165, 1.54) is 6.20 Å². The lowest BCUT2D eigenvalue weighted by molar-refractivity contribution is -0.124. The fourth-order valence-electron chi connectivity index (χ4n) is 3.62. The molecule has 1 aromatic heterocycles. The normalized spacial score (nSPS) is 17.9.